The van der Waals surface area contributed by atoms with Crippen LogP contribution in [-0.4, -0.2) is 28.7 Å². The Bertz CT molecular complexity index is 504. The number of benzene rings is 1. The van der Waals surface area contributed by atoms with Crippen molar-refractivity contribution >= 4 is 5.82 Å². The van der Waals surface area contributed by atoms with Gasteiger partial charge in [0.25, 0.3) is 0 Å². The normalized spacial score (nSPS) is 11.1. The lowest BCUT2D eigenvalue weighted by molar-refractivity contribution is 0.327. The molecule has 1 aromatic heterocycles. The molecule has 0 atom stereocenters. The van der Waals surface area contributed by atoms with Gasteiger partial charge in [-0.1, -0.05) is 24.3 Å². The van der Waals surface area contributed by atoms with Crippen LogP contribution in [0.2, 0.25) is 0 Å². The zero-order valence-corrected chi connectivity index (χ0v) is 11.0. The fourth-order valence-electron chi connectivity index (χ4n) is 2.03. The number of likely N-dealkylation sites (N-methyl/N-ethyl adjacent to an activating group) is 1. The van der Waals surface area contributed by atoms with Gasteiger partial charge in [-0.05, 0) is 31.5 Å². The van der Waals surface area contributed by atoms with E-state index in [0.29, 0.717) is 5.82 Å². The first-order chi connectivity index (χ1) is 8.65. The Morgan fingerprint density at radius 2 is 2.11 bits per heavy atom. The highest BCUT2D eigenvalue weighted by Gasteiger charge is 2.04. The van der Waals surface area contributed by atoms with E-state index in [1.807, 2.05) is 6.07 Å². The second-order valence-electron chi connectivity index (χ2n) is 4.73. The number of hydrogen-bond donors (Lipinski definition) is 2. The standard InChI is InChI=1S/C14H20N4/c1-11-5-3-4-6-12(11)7-8-18(2)10-13-9-14(15)17-16-13/h3-6,9H,7-8,10H2,1-2H3,(H3,15,16,17). The van der Waals surface area contributed by atoms with Crippen LogP contribution < -0.4 is 5.73 Å². The smallest absolute Gasteiger partial charge is 0.145 e. The molecule has 3 N–H and O–H groups in total. The maximum Gasteiger partial charge on any atom is 0.145 e. The molecule has 2 rings (SSSR count). The fraction of sp³-hybridized carbons (Fsp3) is 0.357. The van der Waals surface area contributed by atoms with Crippen LogP contribution >= 0.6 is 0 Å². The third-order valence-electron chi connectivity index (χ3n) is 3.12. The van der Waals surface area contributed by atoms with Crippen LogP contribution in [0.15, 0.2) is 30.3 Å². The van der Waals surface area contributed by atoms with E-state index in [9.17, 15) is 0 Å². The van der Waals surface area contributed by atoms with Crippen LogP contribution in [0, 0.1) is 6.92 Å². The molecule has 0 aliphatic rings. The summed E-state index contributed by atoms with van der Waals surface area (Å²) in [7, 11) is 2.11. The first-order valence-electron chi connectivity index (χ1n) is 6.18. The second-order valence-corrected chi connectivity index (χ2v) is 4.73. The molecule has 1 aromatic carbocycles. The first-order valence-corrected chi connectivity index (χ1v) is 6.18. The van der Waals surface area contributed by atoms with E-state index in [0.717, 1.165) is 25.2 Å². The number of aromatic nitrogens is 2. The van der Waals surface area contributed by atoms with Gasteiger partial charge in [0.1, 0.15) is 5.82 Å². The van der Waals surface area contributed by atoms with Crippen molar-refractivity contribution in [1.82, 2.24) is 15.1 Å². The highest BCUT2D eigenvalue weighted by atomic mass is 15.2. The summed E-state index contributed by atoms with van der Waals surface area (Å²) >= 11 is 0. The second kappa shape index (κ2) is 5.69. The highest BCUT2D eigenvalue weighted by molar-refractivity contribution is 5.28. The van der Waals surface area contributed by atoms with Gasteiger partial charge in [0.2, 0.25) is 0 Å². The molecule has 0 fully saturated rings. The lowest BCUT2D eigenvalue weighted by atomic mass is 10.1. The van der Waals surface area contributed by atoms with E-state index in [1.54, 1.807) is 0 Å². The van der Waals surface area contributed by atoms with E-state index in [2.05, 4.69) is 53.3 Å². The molecule has 0 saturated carbocycles. The van der Waals surface area contributed by atoms with Gasteiger partial charge in [-0.3, -0.25) is 5.10 Å². The van der Waals surface area contributed by atoms with Gasteiger partial charge < -0.3 is 10.6 Å². The molecule has 1 heterocycles. The average molecular weight is 244 g/mol. The van der Waals surface area contributed by atoms with Gasteiger partial charge in [0.05, 0.1) is 5.69 Å². The summed E-state index contributed by atoms with van der Waals surface area (Å²) in [4.78, 5) is 2.26. The zero-order valence-electron chi connectivity index (χ0n) is 11.0. The molecule has 4 heteroatoms. The predicted molar refractivity (Wildman–Crippen MR) is 74.2 cm³/mol. The van der Waals surface area contributed by atoms with Crippen molar-refractivity contribution in [2.45, 2.75) is 19.9 Å². The van der Waals surface area contributed by atoms with E-state index in [-0.39, 0.29) is 0 Å². The van der Waals surface area contributed by atoms with Gasteiger partial charge in [-0.2, -0.15) is 5.10 Å². The van der Waals surface area contributed by atoms with Crippen LogP contribution in [0.4, 0.5) is 5.82 Å². The van der Waals surface area contributed by atoms with Gasteiger partial charge in [-0.15, -0.1) is 0 Å². The Kier molecular flexibility index (Phi) is 3.99. The minimum Gasteiger partial charge on any atom is -0.382 e. The Labute approximate surface area is 108 Å². The molecule has 0 aliphatic heterocycles. The highest BCUT2D eigenvalue weighted by Crippen LogP contribution is 2.09. The summed E-state index contributed by atoms with van der Waals surface area (Å²) in [6.45, 7) is 4.02. The monoisotopic (exact) mass is 244 g/mol. The maximum absolute atomic E-state index is 5.58. The number of nitrogens with two attached hydrogens (primary N) is 1. The number of aromatic amines is 1. The number of anilines is 1. The summed E-state index contributed by atoms with van der Waals surface area (Å²) in [5.41, 5.74) is 9.40. The van der Waals surface area contributed by atoms with E-state index in [4.69, 9.17) is 5.73 Å². The van der Waals surface area contributed by atoms with Gasteiger partial charge >= 0.3 is 0 Å². The van der Waals surface area contributed by atoms with Gasteiger partial charge in [0.15, 0.2) is 0 Å². The summed E-state index contributed by atoms with van der Waals surface area (Å²) in [5, 5.41) is 6.86. The quantitative estimate of drug-likeness (QED) is 0.845. The van der Waals surface area contributed by atoms with Crippen molar-refractivity contribution in [3.8, 4) is 0 Å². The molecule has 0 amide bonds. The number of nitrogen functional groups attached to an aromatic ring is 1. The molecular formula is C14H20N4. The molecule has 18 heavy (non-hydrogen) atoms. The number of hydrogen-bond acceptors (Lipinski definition) is 3. The molecule has 0 spiro atoms. The Morgan fingerprint density at radius 1 is 1.33 bits per heavy atom. The molecular weight excluding hydrogens is 224 g/mol. The number of rotatable bonds is 5. The number of aryl methyl sites for hydroxylation is 1. The Morgan fingerprint density at radius 3 is 2.78 bits per heavy atom. The van der Waals surface area contributed by atoms with Crippen molar-refractivity contribution in [2.75, 3.05) is 19.3 Å². The number of nitrogens with one attached hydrogen (secondary N) is 1. The molecule has 0 radical (unpaired) electrons. The molecule has 2 aromatic rings. The number of nitrogens with zero attached hydrogens (tertiary/aromatic N) is 2. The van der Waals surface area contributed by atoms with Crippen LogP contribution in [0.1, 0.15) is 16.8 Å². The van der Waals surface area contributed by atoms with Crippen LogP contribution in [0.3, 0.4) is 0 Å². The SMILES string of the molecule is Cc1ccccc1CCN(C)Cc1cc(N)n[nH]1. The molecule has 96 valence electrons. The summed E-state index contributed by atoms with van der Waals surface area (Å²) in [6, 6.07) is 10.4. The van der Waals surface area contributed by atoms with Gasteiger partial charge in [-0.25, -0.2) is 0 Å². The van der Waals surface area contributed by atoms with Gasteiger partial charge in [0, 0.05) is 19.2 Å². The van der Waals surface area contributed by atoms with Crippen LogP contribution in [0.5, 0.6) is 0 Å². The predicted octanol–water partition coefficient (Wildman–Crippen LogP) is 1.97. The van der Waals surface area contributed by atoms with Crippen molar-refractivity contribution in [2.24, 2.45) is 0 Å². The van der Waals surface area contributed by atoms with Crippen LogP contribution in [0.25, 0.3) is 0 Å². The third-order valence-corrected chi connectivity index (χ3v) is 3.12. The summed E-state index contributed by atoms with van der Waals surface area (Å²) in [5.74, 6) is 0.553. The van der Waals surface area contributed by atoms with E-state index >= 15 is 0 Å². The largest absolute Gasteiger partial charge is 0.382 e. The van der Waals surface area contributed by atoms with Crippen molar-refractivity contribution < 1.29 is 0 Å². The van der Waals surface area contributed by atoms with E-state index in [1.165, 1.54) is 11.1 Å². The third kappa shape index (κ3) is 3.34. The number of H-pyrrole nitrogens is 1. The molecule has 0 unspecified atom stereocenters. The Balaban J connectivity index is 1.85. The van der Waals surface area contributed by atoms with Crippen molar-refractivity contribution in [3.63, 3.8) is 0 Å². The minimum atomic E-state index is 0.553. The first kappa shape index (κ1) is 12.6. The fourth-order valence-corrected chi connectivity index (χ4v) is 2.03. The minimum absolute atomic E-state index is 0.553. The lowest BCUT2D eigenvalue weighted by Gasteiger charge is -2.16. The maximum atomic E-state index is 5.58. The summed E-state index contributed by atoms with van der Waals surface area (Å²) in [6.07, 6.45) is 1.06. The molecule has 4 nitrogen and oxygen atoms in total. The van der Waals surface area contributed by atoms with Crippen molar-refractivity contribution in [3.05, 3.63) is 47.2 Å². The average Bonchev–Trinajstić information content (AvgIpc) is 2.74. The Hall–Kier alpha value is -1.81. The lowest BCUT2D eigenvalue weighted by Crippen LogP contribution is -2.21. The molecule has 0 aliphatic carbocycles. The van der Waals surface area contributed by atoms with Crippen LogP contribution in [-0.2, 0) is 13.0 Å². The van der Waals surface area contributed by atoms with E-state index < -0.39 is 0 Å². The molecule has 0 bridgehead atoms. The molecule has 0 saturated heterocycles. The topological polar surface area (TPSA) is 57.9 Å². The summed E-state index contributed by atoms with van der Waals surface area (Å²) < 4.78 is 0. The zero-order chi connectivity index (χ0) is 13.0. The van der Waals surface area contributed by atoms with Crippen molar-refractivity contribution in [1.29, 1.82) is 0 Å².